The Kier molecular flexibility index (Phi) is 3.83. The molecule has 4 aromatic rings. The van der Waals surface area contributed by atoms with Crippen molar-refractivity contribution >= 4 is 22.9 Å². The molecule has 1 N–H and O–H groups in total. The van der Waals surface area contributed by atoms with Gasteiger partial charge in [-0.25, -0.2) is 14.6 Å². The maximum atomic E-state index is 12.6. The van der Waals surface area contributed by atoms with E-state index in [2.05, 4.69) is 30.2 Å². The molecule has 2 atom stereocenters. The lowest BCUT2D eigenvalue weighted by Crippen LogP contribution is -2.56. The zero-order chi connectivity index (χ0) is 21.1. The quantitative estimate of drug-likeness (QED) is 0.543. The lowest BCUT2D eigenvalue weighted by Gasteiger charge is -2.38. The lowest BCUT2D eigenvalue weighted by molar-refractivity contribution is -0.132. The van der Waals surface area contributed by atoms with Crippen molar-refractivity contribution in [1.82, 2.24) is 39.8 Å². The molecular weight excluding hydrogens is 394 g/mol. The Morgan fingerprint density at radius 3 is 2.97 bits per heavy atom. The molecule has 2 bridgehead atoms. The largest absolute Gasteiger partial charge is 0.342 e. The lowest BCUT2D eigenvalue weighted by atomic mass is 10.2. The molecule has 0 spiro atoms. The molecule has 6 rings (SSSR count). The predicted molar refractivity (Wildman–Crippen MR) is 114 cm³/mol. The van der Waals surface area contributed by atoms with E-state index in [1.165, 1.54) is 0 Å². The van der Waals surface area contributed by atoms with Crippen LogP contribution in [0.2, 0.25) is 0 Å². The van der Waals surface area contributed by atoms with E-state index in [0.29, 0.717) is 18.2 Å². The molecule has 2 fully saturated rings. The standard InChI is InChI=1S/C21H21N9O/c1-12-7-14(5-6-22-12)29-10-13(8-24-29)18-19-16(26-27-18)9-23-21(25-19)30-15-3-4-17(30)20(31)28(2)11-15/h5-10,15,17H,3-4,11H2,1-2H3,(H,26,27). The summed E-state index contributed by atoms with van der Waals surface area (Å²) in [7, 11) is 1.87. The van der Waals surface area contributed by atoms with Gasteiger partial charge in [0.05, 0.1) is 24.1 Å². The number of amides is 1. The Morgan fingerprint density at radius 1 is 1.19 bits per heavy atom. The van der Waals surface area contributed by atoms with Gasteiger partial charge in [-0.1, -0.05) is 0 Å². The molecule has 0 saturated carbocycles. The summed E-state index contributed by atoms with van der Waals surface area (Å²) in [6, 6.07) is 3.94. The minimum Gasteiger partial charge on any atom is -0.342 e. The van der Waals surface area contributed by atoms with Crippen molar-refractivity contribution < 1.29 is 4.79 Å². The number of anilines is 1. The van der Waals surface area contributed by atoms with Crippen LogP contribution in [-0.4, -0.2) is 71.4 Å². The van der Waals surface area contributed by atoms with Gasteiger partial charge >= 0.3 is 0 Å². The van der Waals surface area contributed by atoms with E-state index in [4.69, 9.17) is 4.98 Å². The number of nitrogens with zero attached hydrogens (tertiary/aromatic N) is 8. The molecule has 2 aliphatic rings. The Bertz CT molecular complexity index is 1310. The van der Waals surface area contributed by atoms with E-state index in [9.17, 15) is 4.79 Å². The minimum absolute atomic E-state index is 0.138. The fourth-order valence-electron chi connectivity index (χ4n) is 4.66. The number of carbonyl (C=O) groups is 1. The number of aryl methyl sites for hydroxylation is 1. The molecule has 1 amide bonds. The molecule has 2 unspecified atom stereocenters. The number of likely N-dealkylation sites (N-methyl/N-ethyl adjacent to an activating group) is 1. The van der Waals surface area contributed by atoms with Crippen molar-refractivity contribution in [2.45, 2.75) is 31.8 Å². The van der Waals surface area contributed by atoms with Gasteiger partial charge < -0.3 is 9.80 Å². The zero-order valence-electron chi connectivity index (χ0n) is 17.2. The van der Waals surface area contributed by atoms with Crippen molar-refractivity contribution in [1.29, 1.82) is 0 Å². The average molecular weight is 415 g/mol. The summed E-state index contributed by atoms with van der Waals surface area (Å²) in [4.78, 5) is 30.1. The van der Waals surface area contributed by atoms with Crippen LogP contribution in [0.4, 0.5) is 5.95 Å². The number of nitrogens with one attached hydrogen (secondary N) is 1. The van der Waals surface area contributed by atoms with Crippen LogP contribution >= 0.6 is 0 Å². The number of piperazine rings is 1. The van der Waals surface area contributed by atoms with Gasteiger partial charge in [-0.2, -0.15) is 10.2 Å². The Balaban J connectivity index is 1.39. The zero-order valence-corrected chi connectivity index (χ0v) is 17.2. The average Bonchev–Trinajstić information content (AvgIpc) is 3.48. The molecule has 2 aliphatic heterocycles. The normalized spacial score (nSPS) is 20.8. The third-order valence-corrected chi connectivity index (χ3v) is 6.17. The minimum atomic E-state index is -0.186. The second-order valence-electron chi connectivity index (χ2n) is 8.21. The van der Waals surface area contributed by atoms with Crippen LogP contribution in [0.3, 0.4) is 0 Å². The van der Waals surface area contributed by atoms with Crippen molar-refractivity contribution in [3.05, 3.63) is 42.6 Å². The van der Waals surface area contributed by atoms with Crippen LogP contribution in [0.1, 0.15) is 18.5 Å². The highest BCUT2D eigenvalue weighted by Gasteiger charge is 2.45. The SMILES string of the molecule is Cc1cc(-n2cc(-c3n[nH]c4cnc(N5C6CCC5C(=O)N(C)C6)nc34)cn2)ccn1. The topological polar surface area (TPSA) is 109 Å². The molecule has 31 heavy (non-hydrogen) atoms. The molecule has 2 saturated heterocycles. The summed E-state index contributed by atoms with van der Waals surface area (Å²) in [5.74, 6) is 0.722. The number of aromatic nitrogens is 7. The second kappa shape index (κ2) is 6.59. The van der Waals surface area contributed by atoms with Crippen molar-refractivity contribution in [2.75, 3.05) is 18.5 Å². The van der Waals surface area contributed by atoms with Gasteiger partial charge in [-0.15, -0.1) is 0 Å². The van der Waals surface area contributed by atoms with Gasteiger partial charge in [-0.3, -0.25) is 14.9 Å². The third kappa shape index (κ3) is 2.78. The van der Waals surface area contributed by atoms with Crippen LogP contribution < -0.4 is 4.90 Å². The van der Waals surface area contributed by atoms with Crippen molar-refractivity contribution in [3.63, 3.8) is 0 Å². The van der Waals surface area contributed by atoms with Crippen LogP contribution in [-0.2, 0) is 4.79 Å². The number of pyridine rings is 1. The van der Waals surface area contributed by atoms with Gasteiger partial charge in [0, 0.05) is 37.2 Å². The Labute approximate surface area is 177 Å². The Morgan fingerprint density at radius 2 is 2.10 bits per heavy atom. The molecule has 156 valence electrons. The first-order chi connectivity index (χ1) is 15.1. The van der Waals surface area contributed by atoms with E-state index in [1.807, 2.05) is 37.2 Å². The Hall–Kier alpha value is -3.82. The van der Waals surface area contributed by atoms with Gasteiger partial charge in [0.2, 0.25) is 11.9 Å². The second-order valence-corrected chi connectivity index (χ2v) is 8.21. The number of fused-ring (bicyclic) bond motifs is 3. The number of aromatic amines is 1. The maximum Gasteiger partial charge on any atom is 0.245 e. The predicted octanol–water partition coefficient (Wildman–Crippen LogP) is 1.72. The molecule has 0 radical (unpaired) electrons. The smallest absolute Gasteiger partial charge is 0.245 e. The highest BCUT2D eigenvalue weighted by molar-refractivity contribution is 5.91. The molecule has 10 nitrogen and oxygen atoms in total. The first-order valence-electron chi connectivity index (χ1n) is 10.3. The summed E-state index contributed by atoms with van der Waals surface area (Å²) in [6.07, 6.45) is 9.02. The summed E-state index contributed by atoms with van der Waals surface area (Å²) in [5, 5.41) is 12.0. The fourth-order valence-corrected chi connectivity index (χ4v) is 4.66. The molecule has 10 heteroatoms. The van der Waals surface area contributed by atoms with Crippen LogP contribution in [0.25, 0.3) is 28.0 Å². The molecule has 0 aliphatic carbocycles. The first-order valence-corrected chi connectivity index (χ1v) is 10.3. The van der Waals surface area contributed by atoms with Gasteiger partial charge in [-0.05, 0) is 31.9 Å². The summed E-state index contributed by atoms with van der Waals surface area (Å²) in [6.45, 7) is 2.65. The van der Waals surface area contributed by atoms with Gasteiger partial charge in [0.15, 0.2) is 0 Å². The van der Waals surface area contributed by atoms with E-state index in [1.54, 1.807) is 23.3 Å². The molecule has 0 aromatic carbocycles. The third-order valence-electron chi connectivity index (χ3n) is 6.17. The van der Waals surface area contributed by atoms with E-state index in [0.717, 1.165) is 40.8 Å². The summed E-state index contributed by atoms with van der Waals surface area (Å²) >= 11 is 0. The van der Waals surface area contributed by atoms with Crippen molar-refractivity contribution in [3.8, 4) is 16.9 Å². The van der Waals surface area contributed by atoms with Crippen molar-refractivity contribution in [2.24, 2.45) is 0 Å². The molecular formula is C21H21N9O. The van der Waals surface area contributed by atoms with Crippen LogP contribution in [0.5, 0.6) is 0 Å². The number of rotatable bonds is 3. The number of hydrogen-bond donors (Lipinski definition) is 1. The number of hydrogen-bond acceptors (Lipinski definition) is 7. The van der Waals surface area contributed by atoms with E-state index >= 15 is 0 Å². The molecule has 6 heterocycles. The first kappa shape index (κ1) is 18.0. The monoisotopic (exact) mass is 415 g/mol. The van der Waals surface area contributed by atoms with Gasteiger partial charge in [0.25, 0.3) is 0 Å². The van der Waals surface area contributed by atoms with Crippen LogP contribution in [0, 0.1) is 6.92 Å². The molecule has 4 aromatic heterocycles. The van der Waals surface area contributed by atoms with E-state index in [-0.39, 0.29) is 18.0 Å². The fraction of sp³-hybridized carbons (Fsp3) is 0.333. The number of carbonyl (C=O) groups excluding carboxylic acids is 1. The summed E-state index contributed by atoms with van der Waals surface area (Å²) < 4.78 is 1.80. The highest BCUT2D eigenvalue weighted by Crippen LogP contribution is 2.34. The number of likely N-dealkylation sites (tertiary alicyclic amines) is 1. The van der Waals surface area contributed by atoms with E-state index < -0.39 is 0 Å². The number of H-pyrrole nitrogens is 1. The summed E-state index contributed by atoms with van der Waals surface area (Å²) in [5.41, 5.74) is 4.89. The van der Waals surface area contributed by atoms with Crippen LogP contribution in [0.15, 0.2) is 36.9 Å². The van der Waals surface area contributed by atoms with Gasteiger partial charge in [0.1, 0.15) is 22.8 Å². The highest BCUT2D eigenvalue weighted by atomic mass is 16.2. The maximum absolute atomic E-state index is 12.6.